The van der Waals surface area contributed by atoms with E-state index in [2.05, 4.69) is 15.5 Å². The number of H-pyrrole nitrogens is 1. The number of halogens is 3. The van der Waals surface area contributed by atoms with Gasteiger partial charge in [-0.2, -0.15) is 18.3 Å². The Hall–Kier alpha value is -3.75. The van der Waals surface area contributed by atoms with Crippen LogP contribution in [-0.2, 0) is 11.0 Å². The summed E-state index contributed by atoms with van der Waals surface area (Å²) in [6.45, 7) is 0. The largest absolute Gasteiger partial charge is 0.450 e. The monoisotopic (exact) mass is 388 g/mol. The van der Waals surface area contributed by atoms with Gasteiger partial charge in [-0.25, -0.2) is 0 Å². The maximum Gasteiger partial charge on any atom is 0.416 e. The fourth-order valence-electron chi connectivity index (χ4n) is 2.34. The van der Waals surface area contributed by atoms with Crippen molar-refractivity contribution in [2.45, 2.75) is 6.18 Å². The average Bonchev–Trinajstić information content (AvgIpc) is 3.21. The van der Waals surface area contributed by atoms with Crippen LogP contribution >= 0.6 is 0 Å². The Bertz CT molecular complexity index is 964. The summed E-state index contributed by atoms with van der Waals surface area (Å²) < 4.78 is 43.1. The van der Waals surface area contributed by atoms with Crippen LogP contribution in [0.5, 0.6) is 5.75 Å². The lowest BCUT2D eigenvalue weighted by molar-refractivity contribution is -0.137. The topological polar surface area (TPSA) is 93.0 Å². The summed E-state index contributed by atoms with van der Waals surface area (Å²) in [6.07, 6.45) is -0.112. The summed E-state index contributed by atoms with van der Waals surface area (Å²) in [5.41, 5.74) is 6.90. The summed E-state index contributed by atoms with van der Waals surface area (Å²) in [6, 6.07) is 10.9. The predicted molar refractivity (Wildman–Crippen MR) is 97.0 cm³/mol. The lowest BCUT2D eigenvalue weighted by Crippen LogP contribution is -2.19. The summed E-state index contributed by atoms with van der Waals surface area (Å²) in [4.78, 5) is 12.3. The molecule has 0 aliphatic heterocycles. The van der Waals surface area contributed by atoms with Crippen molar-refractivity contribution in [3.8, 4) is 16.9 Å². The van der Waals surface area contributed by atoms with E-state index in [4.69, 9.17) is 10.5 Å². The predicted octanol–water partition coefficient (Wildman–Crippen LogP) is 3.91. The molecule has 1 amide bonds. The molecule has 0 fully saturated rings. The number of anilines is 1. The molecule has 0 spiro atoms. The summed E-state index contributed by atoms with van der Waals surface area (Å²) in [7, 11) is 0. The summed E-state index contributed by atoms with van der Waals surface area (Å²) >= 11 is 0. The van der Waals surface area contributed by atoms with Crippen LogP contribution in [0.2, 0.25) is 0 Å². The highest BCUT2D eigenvalue weighted by Gasteiger charge is 2.30. The highest BCUT2D eigenvalue weighted by atomic mass is 19.4. The summed E-state index contributed by atoms with van der Waals surface area (Å²) in [5.74, 6) is -0.840. The number of nitrogens with one attached hydrogen (secondary N) is 2. The molecule has 0 saturated carbocycles. The van der Waals surface area contributed by atoms with E-state index in [9.17, 15) is 18.0 Å². The fourth-order valence-corrected chi connectivity index (χ4v) is 2.34. The van der Waals surface area contributed by atoms with Crippen LogP contribution in [0, 0.1) is 0 Å². The van der Waals surface area contributed by atoms with Crippen LogP contribution in [0.25, 0.3) is 11.1 Å². The first-order chi connectivity index (χ1) is 13.4. The quantitative estimate of drug-likeness (QED) is 0.456. The molecule has 1 heterocycles. The number of amides is 1. The minimum absolute atomic E-state index is 0.0511. The molecule has 0 radical (unpaired) electrons. The number of hydrogen-bond donors (Lipinski definition) is 3. The van der Waals surface area contributed by atoms with Gasteiger partial charge in [0.15, 0.2) is 0 Å². The van der Waals surface area contributed by atoms with Gasteiger partial charge in [-0.05, 0) is 42.0 Å². The smallest absolute Gasteiger partial charge is 0.416 e. The first-order valence-electron chi connectivity index (χ1n) is 8.04. The molecule has 3 aromatic rings. The number of alkyl halides is 3. The minimum atomic E-state index is -4.45. The molecular formula is C19H15F3N4O2. The number of hydrogen-bond acceptors (Lipinski definition) is 4. The number of aromatic amines is 1. The number of nitrogens with two attached hydrogens (primary N) is 1. The number of ether oxygens (including phenoxy) is 1. The highest BCUT2D eigenvalue weighted by Crippen LogP contribution is 2.30. The van der Waals surface area contributed by atoms with E-state index in [1.165, 1.54) is 0 Å². The molecule has 28 heavy (non-hydrogen) atoms. The van der Waals surface area contributed by atoms with Crippen LogP contribution in [0.4, 0.5) is 18.9 Å². The van der Waals surface area contributed by atoms with Gasteiger partial charge >= 0.3 is 6.18 Å². The van der Waals surface area contributed by atoms with E-state index < -0.39 is 17.6 Å². The molecule has 0 aliphatic rings. The molecule has 6 nitrogen and oxygen atoms in total. The standard InChI is InChI=1S/C19H15F3N4O2/c20-19(21,22)14-3-7-16(8-4-14)28-17(9-23)18(27)26-15-5-1-12(2-6-15)13-10-24-25-11-13/h1-11H,23H2,(H,24,25)(H,26,27). The molecule has 3 rings (SSSR count). The van der Waals surface area contributed by atoms with E-state index >= 15 is 0 Å². The maximum absolute atomic E-state index is 12.6. The Morgan fingerprint density at radius 1 is 1.07 bits per heavy atom. The molecule has 0 saturated heterocycles. The van der Waals surface area contributed by atoms with Crippen molar-refractivity contribution in [1.29, 1.82) is 0 Å². The van der Waals surface area contributed by atoms with Crippen LogP contribution < -0.4 is 15.8 Å². The number of benzene rings is 2. The minimum Gasteiger partial charge on any atom is -0.450 e. The Morgan fingerprint density at radius 2 is 1.75 bits per heavy atom. The van der Waals surface area contributed by atoms with Gasteiger partial charge < -0.3 is 15.8 Å². The van der Waals surface area contributed by atoms with Crippen molar-refractivity contribution < 1.29 is 22.7 Å². The Balaban J connectivity index is 1.65. The first-order valence-corrected chi connectivity index (χ1v) is 8.04. The van der Waals surface area contributed by atoms with E-state index in [0.717, 1.165) is 41.6 Å². The number of nitrogens with zero attached hydrogens (tertiary/aromatic N) is 1. The zero-order valence-electron chi connectivity index (χ0n) is 14.3. The van der Waals surface area contributed by atoms with Crippen molar-refractivity contribution in [2.24, 2.45) is 5.73 Å². The Morgan fingerprint density at radius 3 is 2.29 bits per heavy atom. The van der Waals surface area contributed by atoms with Crippen LogP contribution in [0.3, 0.4) is 0 Å². The zero-order valence-corrected chi connectivity index (χ0v) is 14.3. The first kappa shape index (κ1) is 19.0. The van der Waals surface area contributed by atoms with E-state index in [1.54, 1.807) is 36.7 Å². The van der Waals surface area contributed by atoms with Crippen molar-refractivity contribution in [2.75, 3.05) is 5.32 Å². The van der Waals surface area contributed by atoms with Gasteiger partial charge in [0.05, 0.1) is 11.8 Å². The second kappa shape index (κ2) is 7.87. The van der Waals surface area contributed by atoms with Crippen LogP contribution in [-0.4, -0.2) is 16.1 Å². The highest BCUT2D eigenvalue weighted by molar-refractivity contribution is 6.02. The van der Waals surface area contributed by atoms with Crippen LogP contribution in [0.1, 0.15) is 5.56 Å². The Kier molecular flexibility index (Phi) is 5.35. The third-order valence-electron chi connectivity index (χ3n) is 3.76. The number of carbonyl (C=O) groups is 1. The molecular weight excluding hydrogens is 373 g/mol. The Labute approximate surface area is 157 Å². The molecule has 1 aromatic heterocycles. The van der Waals surface area contributed by atoms with Crippen molar-refractivity contribution in [3.05, 3.63) is 78.4 Å². The normalized spacial score (nSPS) is 11.9. The van der Waals surface area contributed by atoms with Gasteiger partial charge in [0.25, 0.3) is 5.91 Å². The molecule has 4 N–H and O–H groups in total. The van der Waals surface area contributed by atoms with Crippen molar-refractivity contribution >= 4 is 11.6 Å². The molecule has 2 aromatic carbocycles. The SMILES string of the molecule is NC=C(Oc1ccc(C(F)(F)F)cc1)C(=O)Nc1ccc(-c2cn[nH]c2)cc1. The summed E-state index contributed by atoms with van der Waals surface area (Å²) in [5, 5.41) is 9.19. The van der Waals surface area contributed by atoms with Gasteiger partial charge in [0, 0.05) is 23.6 Å². The molecule has 0 unspecified atom stereocenters. The third-order valence-corrected chi connectivity index (χ3v) is 3.76. The zero-order chi connectivity index (χ0) is 20.1. The molecule has 9 heteroatoms. The second-order valence-electron chi connectivity index (χ2n) is 5.67. The van der Waals surface area contributed by atoms with Gasteiger partial charge in [0.1, 0.15) is 5.75 Å². The number of aromatic nitrogens is 2. The lowest BCUT2D eigenvalue weighted by Gasteiger charge is -2.12. The second-order valence-corrected chi connectivity index (χ2v) is 5.67. The van der Waals surface area contributed by atoms with Gasteiger partial charge in [-0.15, -0.1) is 0 Å². The van der Waals surface area contributed by atoms with E-state index in [1.807, 2.05) is 0 Å². The van der Waals surface area contributed by atoms with Gasteiger partial charge in [-0.1, -0.05) is 12.1 Å². The molecule has 0 atom stereocenters. The van der Waals surface area contributed by atoms with E-state index in [-0.39, 0.29) is 11.5 Å². The van der Waals surface area contributed by atoms with Crippen molar-refractivity contribution in [3.63, 3.8) is 0 Å². The average molecular weight is 388 g/mol. The van der Waals surface area contributed by atoms with Crippen molar-refractivity contribution in [1.82, 2.24) is 10.2 Å². The molecule has 0 aliphatic carbocycles. The van der Waals surface area contributed by atoms with Gasteiger partial charge in [-0.3, -0.25) is 9.89 Å². The maximum atomic E-state index is 12.6. The molecule has 144 valence electrons. The number of carbonyl (C=O) groups excluding carboxylic acids is 1. The third kappa shape index (κ3) is 4.50. The van der Waals surface area contributed by atoms with E-state index in [0.29, 0.717) is 5.69 Å². The molecule has 0 bridgehead atoms. The lowest BCUT2D eigenvalue weighted by atomic mass is 10.1. The van der Waals surface area contributed by atoms with Gasteiger partial charge in [0.2, 0.25) is 5.76 Å². The number of rotatable bonds is 5. The fraction of sp³-hybridized carbons (Fsp3) is 0.0526. The van der Waals surface area contributed by atoms with Crippen LogP contribution in [0.15, 0.2) is 72.9 Å².